The molecule has 1 unspecified atom stereocenters. The molecule has 0 saturated heterocycles. The standard InChI is InChI=1S/C13H24ClNO4/c1-4-5-7-18-12(16)11(9-10(2)3)15-13(17)19-8-6-14/h10-11H,4-9H2,1-3H3,(H,15,17). The van der Waals surface area contributed by atoms with Crippen LogP contribution >= 0.6 is 11.6 Å². The summed E-state index contributed by atoms with van der Waals surface area (Å²) >= 11 is 5.42. The van der Waals surface area contributed by atoms with Gasteiger partial charge in [0.05, 0.1) is 12.5 Å². The Morgan fingerprint density at radius 3 is 2.42 bits per heavy atom. The van der Waals surface area contributed by atoms with Crippen LogP contribution in [0.1, 0.15) is 40.0 Å². The number of alkyl carbamates (subject to hydrolysis) is 1. The van der Waals surface area contributed by atoms with Crippen LogP contribution in [0.3, 0.4) is 0 Å². The van der Waals surface area contributed by atoms with Crippen molar-refractivity contribution in [2.24, 2.45) is 5.92 Å². The summed E-state index contributed by atoms with van der Waals surface area (Å²) in [7, 11) is 0. The summed E-state index contributed by atoms with van der Waals surface area (Å²) in [5.74, 6) is 0.0745. The molecule has 0 aliphatic rings. The highest BCUT2D eigenvalue weighted by molar-refractivity contribution is 6.18. The lowest BCUT2D eigenvalue weighted by Gasteiger charge is -2.19. The predicted octanol–water partition coefficient (Wildman–Crippen LogP) is 2.71. The Labute approximate surface area is 120 Å². The molecule has 19 heavy (non-hydrogen) atoms. The fourth-order valence-electron chi connectivity index (χ4n) is 1.42. The number of esters is 1. The number of amides is 1. The summed E-state index contributed by atoms with van der Waals surface area (Å²) in [6.45, 7) is 6.45. The monoisotopic (exact) mass is 293 g/mol. The third kappa shape index (κ3) is 9.59. The molecule has 0 fully saturated rings. The zero-order valence-electron chi connectivity index (χ0n) is 11.9. The van der Waals surface area contributed by atoms with Gasteiger partial charge in [0.15, 0.2) is 0 Å². The lowest BCUT2D eigenvalue weighted by atomic mass is 10.0. The van der Waals surface area contributed by atoms with Gasteiger partial charge in [-0.05, 0) is 18.8 Å². The van der Waals surface area contributed by atoms with Crippen LogP contribution in [-0.4, -0.2) is 37.2 Å². The maximum atomic E-state index is 11.8. The fraction of sp³-hybridized carbons (Fsp3) is 0.846. The molecular weight excluding hydrogens is 270 g/mol. The van der Waals surface area contributed by atoms with E-state index in [-0.39, 0.29) is 18.4 Å². The summed E-state index contributed by atoms with van der Waals surface area (Å²) in [6, 6.07) is -0.667. The topological polar surface area (TPSA) is 64.6 Å². The van der Waals surface area contributed by atoms with Gasteiger partial charge in [-0.2, -0.15) is 0 Å². The molecule has 112 valence electrons. The average Bonchev–Trinajstić information content (AvgIpc) is 2.35. The van der Waals surface area contributed by atoms with Crippen LogP contribution in [0, 0.1) is 5.92 Å². The number of hydrogen-bond acceptors (Lipinski definition) is 4. The lowest BCUT2D eigenvalue weighted by Crippen LogP contribution is -2.43. The summed E-state index contributed by atoms with van der Waals surface area (Å²) in [5, 5.41) is 2.52. The van der Waals surface area contributed by atoms with E-state index in [1.165, 1.54) is 0 Å². The Kier molecular flexibility index (Phi) is 10.4. The number of carbonyl (C=O) groups is 2. The maximum Gasteiger partial charge on any atom is 0.407 e. The van der Waals surface area contributed by atoms with E-state index in [2.05, 4.69) is 5.32 Å². The van der Waals surface area contributed by atoms with Crippen LogP contribution in [0.4, 0.5) is 4.79 Å². The minimum Gasteiger partial charge on any atom is -0.464 e. The van der Waals surface area contributed by atoms with Crippen molar-refractivity contribution in [2.75, 3.05) is 19.1 Å². The van der Waals surface area contributed by atoms with Gasteiger partial charge in [0.1, 0.15) is 12.6 Å². The van der Waals surface area contributed by atoms with E-state index in [9.17, 15) is 9.59 Å². The van der Waals surface area contributed by atoms with Crippen LogP contribution < -0.4 is 5.32 Å². The molecule has 1 atom stereocenters. The highest BCUT2D eigenvalue weighted by Crippen LogP contribution is 2.07. The third-order valence-corrected chi connectivity index (χ3v) is 2.49. The second-order valence-electron chi connectivity index (χ2n) is 4.67. The molecule has 0 rings (SSSR count). The van der Waals surface area contributed by atoms with Gasteiger partial charge in [0.2, 0.25) is 0 Å². The predicted molar refractivity (Wildman–Crippen MR) is 74.3 cm³/mol. The van der Waals surface area contributed by atoms with Crippen molar-refractivity contribution in [1.29, 1.82) is 0 Å². The number of unbranched alkanes of at least 4 members (excludes halogenated alkanes) is 1. The van der Waals surface area contributed by atoms with Crippen molar-refractivity contribution < 1.29 is 19.1 Å². The zero-order valence-corrected chi connectivity index (χ0v) is 12.7. The number of alkyl halides is 1. The Bertz CT molecular complexity index is 271. The molecule has 1 amide bonds. The van der Waals surface area contributed by atoms with Gasteiger partial charge in [-0.15, -0.1) is 11.6 Å². The minimum absolute atomic E-state index is 0.118. The third-order valence-electron chi connectivity index (χ3n) is 2.34. The van der Waals surface area contributed by atoms with Crippen LogP contribution in [0.25, 0.3) is 0 Å². The Morgan fingerprint density at radius 2 is 1.89 bits per heavy atom. The van der Waals surface area contributed by atoms with Gasteiger partial charge in [-0.3, -0.25) is 0 Å². The zero-order chi connectivity index (χ0) is 14.7. The van der Waals surface area contributed by atoms with Crippen molar-refractivity contribution in [3.8, 4) is 0 Å². The van der Waals surface area contributed by atoms with Gasteiger partial charge in [0, 0.05) is 0 Å². The molecule has 0 aromatic carbocycles. The van der Waals surface area contributed by atoms with Crippen LogP contribution in [0.5, 0.6) is 0 Å². The fourth-order valence-corrected chi connectivity index (χ4v) is 1.50. The molecule has 0 aliphatic heterocycles. The van der Waals surface area contributed by atoms with E-state index < -0.39 is 18.1 Å². The second kappa shape index (κ2) is 10.9. The molecule has 0 heterocycles. The smallest absolute Gasteiger partial charge is 0.407 e. The first-order valence-corrected chi connectivity index (χ1v) is 7.20. The highest BCUT2D eigenvalue weighted by Gasteiger charge is 2.23. The number of carbonyl (C=O) groups excluding carboxylic acids is 2. The number of nitrogens with one attached hydrogen (secondary N) is 1. The molecule has 0 aromatic rings. The van der Waals surface area contributed by atoms with E-state index in [1.807, 2.05) is 20.8 Å². The van der Waals surface area contributed by atoms with Gasteiger partial charge in [-0.25, -0.2) is 9.59 Å². The maximum absolute atomic E-state index is 11.8. The Morgan fingerprint density at radius 1 is 1.21 bits per heavy atom. The number of rotatable bonds is 9. The minimum atomic E-state index is -0.667. The van der Waals surface area contributed by atoms with Crippen LogP contribution in [0.2, 0.25) is 0 Å². The van der Waals surface area contributed by atoms with Crippen molar-refractivity contribution in [3.05, 3.63) is 0 Å². The summed E-state index contributed by atoms with van der Waals surface area (Å²) in [5.41, 5.74) is 0. The van der Waals surface area contributed by atoms with Gasteiger partial charge < -0.3 is 14.8 Å². The van der Waals surface area contributed by atoms with Crippen LogP contribution in [0.15, 0.2) is 0 Å². The molecule has 0 saturated carbocycles. The first-order chi connectivity index (χ1) is 9.01. The van der Waals surface area contributed by atoms with E-state index >= 15 is 0 Å². The summed E-state index contributed by atoms with van der Waals surface area (Å²) in [4.78, 5) is 23.3. The first kappa shape index (κ1) is 18.0. The first-order valence-electron chi connectivity index (χ1n) is 6.67. The van der Waals surface area contributed by atoms with E-state index in [0.717, 1.165) is 12.8 Å². The van der Waals surface area contributed by atoms with E-state index in [4.69, 9.17) is 21.1 Å². The molecular formula is C13H24ClNO4. The molecule has 0 bridgehead atoms. The molecule has 0 aliphatic carbocycles. The van der Waals surface area contributed by atoms with Crippen molar-refractivity contribution in [3.63, 3.8) is 0 Å². The normalized spacial score (nSPS) is 12.1. The largest absolute Gasteiger partial charge is 0.464 e. The second-order valence-corrected chi connectivity index (χ2v) is 5.05. The molecule has 1 N–H and O–H groups in total. The lowest BCUT2D eigenvalue weighted by molar-refractivity contribution is -0.146. The van der Waals surface area contributed by atoms with Crippen molar-refractivity contribution in [1.82, 2.24) is 5.32 Å². The molecule has 6 heteroatoms. The van der Waals surface area contributed by atoms with Crippen molar-refractivity contribution in [2.45, 2.75) is 46.1 Å². The van der Waals surface area contributed by atoms with Crippen LogP contribution in [-0.2, 0) is 14.3 Å². The number of hydrogen-bond donors (Lipinski definition) is 1. The van der Waals surface area contributed by atoms with E-state index in [0.29, 0.717) is 13.0 Å². The molecule has 0 radical (unpaired) electrons. The number of ether oxygens (including phenoxy) is 2. The highest BCUT2D eigenvalue weighted by atomic mass is 35.5. The number of halogens is 1. The van der Waals surface area contributed by atoms with Crippen molar-refractivity contribution >= 4 is 23.7 Å². The Hall–Kier alpha value is -0.970. The van der Waals surface area contributed by atoms with Gasteiger partial charge in [-0.1, -0.05) is 27.2 Å². The van der Waals surface area contributed by atoms with E-state index in [1.54, 1.807) is 0 Å². The van der Waals surface area contributed by atoms with Gasteiger partial charge >= 0.3 is 12.1 Å². The molecule has 5 nitrogen and oxygen atoms in total. The average molecular weight is 294 g/mol. The molecule has 0 spiro atoms. The van der Waals surface area contributed by atoms with Gasteiger partial charge in [0.25, 0.3) is 0 Å². The summed E-state index contributed by atoms with van der Waals surface area (Å²) in [6.07, 6.45) is 1.64. The summed E-state index contributed by atoms with van der Waals surface area (Å²) < 4.78 is 9.90. The molecule has 0 aromatic heterocycles. The quantitative estimate of drug-likeness (QED) is 0.403. The SMILES string of the molecule is CCCCOC(=O)C(CC(C)C)NC(=O)OCCCl. The Balaban J connectivity index is 4.27.